The molecule has 0 fully saturated rings. The third-order valence-corrected chi connectivity index (χ3v) is 3.43. The molecule has 4 heteroatoms. The number of thiophene rings is 1. The number of hydrogen-bond acceptors (Lipinski definition) is 3. The van der Waals surface area contributed by atoms with E-state index in [1.54, 1.807) is 17.6 Å². The highest BCUT2D eigenvalue weighted by molar-refractivity contribution is 7.10. The molecule has 0 saturated heterocycles. The van der Waals surface area contributed by atoms with Gasteiger partial charge in [0, 0.05) is 17.2 Å². The maximum absolute atomic E-state index is 10.8. The van der Waals surface area contributed by atoms with E-state index in [2.05, 4.69) is 0 Å². The van der Waals surface area contributed by atoms with E-state index in [1.165, 1.54) is 0 Å². The van der Waals surface area contributed by atoms with Gasteiger partial charge in [0.2, 0.25) is 0 Å². The molecule has 2 heterocycles. The normalized spacial score (nSPS) is 12.5. The van der Waals surface area contributed by atoms with Crippen LogP contribution in [0.1, 0.15) is 23.0 Å². The van der Waals surface area contributed by atoms with Crippen LogP contribution in [-0.2, 0) is 11.2 Å². The Balaban J connectivity index is 2.12. The molecule has 0 saturated carbocycles. The molecular formula is C12H12O3S. The van der Waals surface area contributed by atoms with E-state index in [0.717, 1.165) is 10.6 Å². The summed E-state index contributed by atoms with van der Waals surface area (Å²) in [5, 5.41) is 10.8. The number of carboxylic acids is 1. The third kappa shape index (κ3) is 2.73. The van der Waals surface area contributed by atoms with Crippen LogP contribution in [0.3, 0.4) is 0 Å². The zero-order valence-electron chi connectivity index (χ0n) is 8.63. The highest BCUT2D eigenvalue weighted by Gasteiger charge is 2.18. The largest absolute Gasteiger partial charge is 0.481 e. The number of carbonyl (C=O) groups is 1. The topological polar surface area (TPSA) is 50.4 Å². The SMILES string of the molecule is O=C(O)CC(Cc1ccco1)c1cccs1. The summed E-state index contributed by atoms with van der Waals surface area (Å²) in [6, 6.07) is 7.61. The first-order valence-corrected chi connectivity index (χ1v) is 5.91. The molecule has 1 N–H and O–H groups in total. The fourth-order valence-electron chi connectivity index (χ4n) is 1.68. The minimum absolute atomic E-state index is 0.00338. The van der Waals surface area contributed by atoms with Gasteiger partial charge < -0.3 is 9.52 Å². The molecule has 3 nitrogen and oxygen atoms in total. The van der Waals surface area contributed by atoms with Gasteiger partial charge in [-0.05, 0) is 23.6 Å². The highest BCUT2D eigenvalue weighted by Crippen LogP contribution is 2.28. The van der Waals surface area contributed by atoms with Crippen molar-refractivity contribution in [3.8, 4) is 0 Å². The Kier molecular flexibility index (Phi) is 3.41. The summed E-state index contributed by atoms with van der Waals surface area (Å²) in [7, 11) is 0. The maximum atomic E-state index is 10.8. The van der Waals surface area contributed by atoms with E-state index in [1.807, 2.05) is 29.6 Å². The van der Waals surface area contributed by atoms with Crippen molar-refractivity contribution in [2.24, 2.45) is 0 Å². The Bertz CT molecular complexity index is 431. The van der Waals surface area contributed by atoms with Gasteiger partial charge in [0.1, 0.15) is 5.76 Å². The Hall–Kier alpha value is -1.55. The Morgan fingerprint density at radius 2 is 2.31 bits per heavy atom. The smallest absolute Gasteiger partial charge is 0.304 e. The second kappa shape index (κ2) is 4.99. The van der Waals surface area contributed by atoms with Crippen LogP contribution >= 0.6 is 11.3 Å². The first-order valence-electron chi connectivity index (χ1n) is 5.03. The monoisotopic (exact) mass is 236 g/mol. The summed E-state index contributed by atoms with van der Waals surface area (Å²) in [5.41, 5.74) is 0. The summed E-state index contributed by atoms with van der Waals surface area (Å²) in [6.45, 7) is 0. The van der Waals surface area contributed by atoms with Gasteiger partial charge in [-0.2, -0.15) is 0 Å². The van der Waals surface area contributed by atoms with Gasteiger partial charge in [-0.3, -0.25) is 4.79 Å². The highest BCUT2D eigenvalue weighted by atomic mass is 32.1. The number of rotatable bonds is 5. The van der Waals surface area contributed by atoms with Crippen LogP contribution in [0.5, 0.6) is 0 Å². The molecule has 1 unspecified atom stereocenters. The van der Waals surface area contributed by atoms with Crippen LogP contribution in [0.4, 0.5) is 0 Å². The molecule has 2 aromatic rings. The van der Waals surface area contributed by atoms with Crippen molar-refractivity contribution in [2.75, 3.05) is 0 Å². The van der Waals surface area contributed by atoms with Crippen LogP contribution < -0.4 is 0 Å². The van der Waals surface area contributed by atoms with Crippen molar-refractivity contribution in [3.05, 3.63) is 46.5 Å². The van der Waals surface area contributed by atoms with Gasteiger partial charge in [-0.15, -0.1) is 11.3 Å². The molecule has 0 radical (unpaired) electrons. The first kappa shape index (κ1) is 11.0. The zero-order valence-corrected chi connectivity index (χ0v) is 9.44. The molecule has 2 rings (SSSR count). The van der Waals surface area contributed by atoms with Gasteiger partial charge in [0.05, 0.1) is 12.7 Å². The minimum atomic E-state index is -0.773. The summed E-state index contributed by atoms with van der Waals surface area (Å²) in [6.07, 6.45) is 2.39. The van der Waals surface area contributed by atoms with E-state index in [0.29, 0.717) is 6.42 Å². The van der Waals surface area contributed by atoms with E-state index in [4.69, 9.17) is 9.52 Å². The number of carboxylic acid groups (broad SMARTS) is 1. The van der Waals surface area contributed by atoms with Gasteiger partial charge in [0.15, 0.2) is 0 Å². The maximum Gasteiger partial charge on any atom is 0.304 e. The second-order valence-corrected chi connectivity index (χ2v) is 4.57. The Morgan fingerprint density at radius 1 is 1.44 bits per heavy atom. The zero-order chi connectivity index (χ0) is 11.4. The standard InChI is InChI=1S/C12H12O3S/c13-12(14)8-9(11-4-2-6-16-11)7-10-3-1-5-15-10/h1-6,9H,7-8H2,(H,13,14). The van der Waals surface area contributed by atoms with Crippen LogP contribution in [0.15, 0.2) is 40.3 Å². The van der Waals surface area contributed by atoms with E-state index >= 15 is 0 Å². The molecule has 1 atom stereocenters. The van der Waals surface area contributed by atoms with Crippen molar-refractivity contribution >= 4 is 17.3 Å². The molecule has 0 aromatic carbocycles. The van der Waals surface area contributed by atoms with Crippen LogP contribution in [0, 0.1) is 0 Å². The fraction of sp³-hybridized carbons (Fsp3) is 0.250. The van der Waals surface area contributed by atoms with Crippen molar-refractivity contribution < 1.29 is 14.3 Å². The average Bonchev–Trinajstić information content (AvgIpc) is 2.88. The molecular weight excluding hydrogens is 224 g/mol. The van der Waals surface area contributed by atoms with Gasteiger partial charge in [0.25, 0.3) is 0 Å². The summed E-state index contributed by atoms with van der Waals surface area (Å²) in [4.78, 5) is 11.9. The molecule has 0 bridgehead atoms. The lowest BCUT2D eigenvalue weighted by molar-refractivity contribution is -0.137. The lowest BCUT2D eigenvalue weighted by atomic mass is 9.98. The summed E-state index contributed by atoms with van der Waals surface area (Å²) < 4.78 is 5.26. The lowest BCUT2D eigenvalue weighted by Gasteiger charge is -2.10. The van der Waals surface area contributed by atoms with E-state index in [-0.39, 0.29) is 12.3 Å². The third-order valence-electron chi connectivity index (χ3n) is 2.39. The molecule has 0 amide bonds. The summed E-state index contributed by atoms with van der Waals surface area (Å²) >= 11 is 1.59. The van der Waals surface area contributed by atoms with E-state index in [9.17, 15) is 4.79 Å². The average molecular weight is 236 g/mol. The van der Waals surface area contributed by atoms with Crippen LogP contribution in [-0.4, -0.2) is 11.1 Å². The van der Waals surface area contributed by atoms with Gasteiger partial charge in [-0.25, -0.2) is 0 Å². The van der Waals surface area contributed by atoms with Crippen molar-refractivity contribution in [2.45, 2.75) is 18.8 Å². The summed E-state index contributed by atoms with van der Waals surface area (Å²) in [5.74, 6) is 0.0632. The van der Waals surface area contributed by atoms with Crippen LogP contribution in [0.25, 0.3) is 0 Å². The van der Waals surface area contributed by atoms with Crippen molar-refractivity contribution in [1.82, 2.24) is 0 Å². The molecule has 2 aromatic heterocycles. The molecule has 0 aliphatic heterocycles. The lowest BCUT2D eigenvalue weighted by Crippen LogP contribution is -2.07. The number of aliphatic carboxylic acids is 1. The molecule has 0 aliphatic rings. The first-order chi connectivity index (χ1) is 7.75. The molecule has 84 valence electrons. The Labute approximate surface area is 97.3 Å². The predicted octanol–water partition coefficient (Wildman–Crippen LogP) is 3.14. The van der Waals surface area contributed by atoms with E-state index < -0.39 is 5.97 Å². The van der Waals surface area contributed by atoms with Gasteiger partial charge >= 0.3 is 5.97 Å². The van der Waals surface area contributed by atoms with Crippen molar-refractivity contribution in [1.29, 1.82) is 0 Å². The molecule has 16 heavy (non-hydrogen) atoms. The molecule has 0 aliphatic carbocycles. The van der Waals surface area contributed by atoms with Crippen molar-refractivity contribution in [3.63, 3.8) is 0 Å². The second-order valence-electron chi connectivity index (χ2n) is 3.59. The van der Waals surface area contributed by atoms with Gasteiger partial charge in [-0.1, -0.05) is 6.07 Å². The van der Waals surface area contributed by atoms with Crippen LogP contribution in [0.2, 0.25) is 0 Å². The number of furan rings is 1. The number of hydrogen-bond donors (Lipinski definition) is 1. The minimum Gasteiger partial charge on any atom is -0.481 e. The molecule has 0 spiro atoms. The fourth-order valence-corrected chi connectivity index (χ4v) is 2.51. The quantitative estimate of drug-likeness (QED) is 0.867. The predicted molar refractivity (Wildman–Crippen MR) is 61.7 cm³/mol. The Morgan fingerprint density at radius 3 is 2.88 bits per heavy atom.